The number of nitrogens with zero attached hydrogens (tertiary/aromatic N) is 3. The molecule has 0 bridgehead atoms. The van der Waals surface area contributed by atoms with Gasteiger partial charge in [0.1, 0.15) is 5.00 Å². The molecular formula is C7H5N3O2S. The van der Waals surface area contributed by atoms with Gasteiger partial charge in [-0.1, -0.05) is 0 Å². The zero-order chi connectivity index (χ0) is 9.26. The van der Waals surface area contributed by atoms with E-state index < -0.39 is 5.97 Å². The first-order valence-corrected chi connectivity index (χ1v) is 4.32. The predicted molar refractivity (Wildman–Crippen MR) is 46.2 cm³/mol. The molecule has 0 fully saturated rings. The molecule has 0 unspecified atom stereocenters. The highest BCUT2D eigenvalue weighted by Crippen LogP contribution is 2.12. The van der Waals surface area contributed by atoms with E-state index in [1.165, 1.54) is 28.4 Å². The van der Waals surface area contributed by atoms with Gasteiger partial charge < -0.3 is 5.11 Å². The number of carboxylic acids is 1. The van der Waals surface area contributed by atoms with Gasteiger partial charge in [0.25, 0.3) is 0 Å². The van der Waals surface area contributed by atoms with Gasteiger partial charge in [0, 0.05) is 6.20 Å². The van der Waals surface area contributed by atoms with Crippen molar-refractivity contribution in [2.45, 2.75) is 0 Å². The van der Waals surface area contributed by atoms with Crippen LogP contribution in [0.15, 0.2) is 24.1 Å². The highest BCUT2D eigenvalue weighted by atomic mass is 32.1. The lowest BCUT2D eigenvalue weighted by Gasteiger charge is -1.91. The van der Waals surface area contributed by atoms with Crippen LogP contribution in [0.25, 0.3) is 5.00 Å². The van der Waals surface area contributed by atoms with Gasteiger partial charge in [-0.25, -0.2) is 9.48 Å². The molecule has 0 saturated carbocycles. The smallest absolute Gasteiger partial charge is 0.338 e. The van der Waals surface area contributed by atoms with E-state index in [0.717, 1.165) is 5.00 Å². The Morgan fingerprint density at radius 3 is 2.92 bits per heavy atom. The molecular weight excluding hydrogens is 190 g/mol. The van der Waals surface area contributed by atoms with Crippen molar-refractivity contribution < 1.29 is 9.90 Å². The lowest BCUT2D eigenvalue weighted by atomic mass is 10.4. The van der Waals surface area contributed by atoms with E-state index in [4.69, 9.17) is 5.11 Å². The van der Waals surface area contributed by atoms with Crippen molar-refractivity contribution in [3.05, 3.63) is 29.7 Å². The van der Waals surface area contributed by atoms with Gasteiger partial charge in [-0.3, -0.25) is 4.98 Å². The lowest BCUT2D eigenvalue weighted by Crippen LogP contribution is -1.93. The van der Waals surface area contributed by atoms with Gasteiger partial charge in [0.2, 0.25) is 0 Å². The summed E-state index contributed by atoms with van der Waals surface area (Å²) in [7, 11) is 0. The maximum Gasteiger partial charge on any atom is 0.338 e. The molecule has 0 amide bonds. The molecule has 6 heteroatoms. The Morgan fingerprint density at radius 2 is 2.38 bits per heavy atom. The Kier molecular flexibility index (Phi) is 1.82. The zero-order valence-electron chi connectivity index (χ0n) is 6.41. The predicted octanol–water partition coefficient (Wildman–Crippen LogP) is 1.03. The van der Waals surface area contributed by atoms with Crippen molar-refractivity contribution >= 4 is 17.3 Å². The summed E-state index contributed by atoms with van der Waals surface area (Å²) < 4.78 is 1.49. The van der Waals surface area contributed by atoms with Crippen LogP contribution < -0.4 is 0 Å². The summed E-state index contributed by atoms with van der Waals surface area (Å²) >= 11 is 1.40. The standard InChI is InChI=1S/C7H5N3O2S/c11-7(12)5-1-9-10(3-5)6-2-8-4-13-6/h1-4H,(H,11,12). The molecule has 5 nitrogen and oxygen atoms in total. The van der Waals surface area contributed by atoms with Crippen LogP contribution in [0.2, 0.25) is 0 Å². The van der Waals surface area contributed by atoms with Crippen molar-refractivity contribution in [3.8, 4) is 5.00 Å². The third-order valence-corrected chi connectivity index (χ3v) is 2.24. The second-order valence-electron chi connectivity index (χ2n) is 2.32. The average Bonchev–Trinajstić information content (AvgIpc) is 2.75. The number of carboxylic acid groups (broad SMARTS) is 1. The van der Waals surface area contributed by atoms with E-state index in [2.05, 4.69) is 10.1 Å². The van der Waals surface area contributed by atoms with Gasteiger partial charge in [0.05, 0.1) is 23.5 Å². The van der Waals surface area contributed by atoms with Crippen molar-refractivity contribution in [1.29, 1.82) is 0 Å². The molecule has 0 atom stereocenters. The van der Waals surface area contributed by atoms with E-state index in [0.29, 0.717) is 0 Å². The number of hydrogen-bond acceptors (Lipinski definition) is 4. The molecule has 0 radical (unpaired) electrons. The summed E-state index contributed by atoms with van der Waals surface area (Å²) in [6.45, 7) is 0. The minimum Gasteiger partial charge on any atom is -0.478 e. The second-order valence-corrected chi connectivity index (χ2v) is 3.18. The van der Waals surface area contributed by atoms with Crippen molar-refractivity contribution in [2.24, 2.45) is 0 Å². The van der Waals surface area contributed by atoms with Gasteiger partial charge >= 0.3 is 5.97 Å². The molecule has 0 aliphatic rings. The highest BCUT2D eigenvalue weighted by molar-refractivity contribution is 7.12. The Morgan fingerprint density at radius 1 is 1.54 bits per heavy atom. The molecule has 0 spiro atoms. The van der Waals surface area contributed by atoms with Crippen LogP contribution in [0, 0.1) is 0 Å². The first kappa shape index (κ1) is 7.93. The third kappa shape index (κ3) is 1.43. The highest BCUT2D eigenvalue weighted by Gasteiger charge is 2.07. The summed E-state index contributed by atoms with van der Waals surface area (Å²) in [5, 5.41) is 13.3. The Labute approximate surface area is 77.3 Å². The number of hydrogen-bond donors (Lipinski definition) is 1. The maximum atomic E-state index is 10.5. The second kappa shape index (κ2) is 2.98. The largest absolute Gasteiger partial charge is 0.478 e. The van der Waals surface area contributed by atoms with Crippen LogP contribution in [0.1, 0.15) is 10.4 Å². The quantitative estimate of drug-likeness (QED) is 0.777. The van der Waals surface area contributed by atoms with Crippen LogP contribution in [-0.4, -0.2) is 25.8 Å². The molecule has 2 heterocycles. The molecule has 0 aromatic carbocycles. The Hall–Kier alpha value is -1.69. The van der Waals surface area contributed by atoms with Crippen molar-refractivity contribution in [1.82, 2.24) is 14.8 Å². The van der Waals surface area contributed by atoms with Gasteiger partial charge in [-0.2, -0.15) is 5.10 Å². The number of aromatic nitrogens is 3. The molecule has 13 heavy (non-hydrogen) atoms. The van der Waals surface area contributed by atoms with Gasteiger partial charge in [0.15, 0.2) is 0 Å². The number of carbonyl (C=O) groups is 1. The Bertz CT molecular complexity index is 421. The fraction of sp³-hybridized carbons (Fsp3) is 0. The molecule has 2 aromatic heterocycles. The topological polar surface area (TPSA) is 68.0 Å². The fourth-order valence-electron chi connectivity index (χ4n) is 0.876. The molecule has 0 aliphatic heterocycles. The van der Waals surface area contributed by atoms with E-state index in [1.54, 1.807) is 11.7 Å². The normalized spacial score (nSPS) is 10.2. The summed E-state index contributed by atoms with van der Waals surface area (Å²) in [5.74, 6) is -0.976. The van der Waals surface area contributed by atoms with E-state index in [-0.39, 0.29) is 5.56 Å². The first-order chi connectivity index (χ1) is 6.27. The van der Waals surface area contributed by atoms with E-state index >= 15 is 0 Å². The molecule has 2 aromatic rings. The maximum absolute atomic E-state index is 10.5. The monoisotopic (exact) mass is 195 g/mol. The van der Waals surface area contributed by atoms with Crippen LogP contribution in [-0.2, 0) is 0 Å². The Balaban J connectivity index is 2.39. The van der Waals surface area contributed by atoms with Crippen molar-refractivity contribution in [3.63, 3.8) is 0 Å². The molecule has 0 aliphatic carbocycles. The summed E-state index contributed by atoms with van der Waals surface area (Å²) in [6, 6.07) is 0. The van der Waals surface area contributed by atoms with Gasteiger partial charge in [-0.05, 0) is 0 Å². The number of thiazole rings is 1. The van der Waals surface area contributed by atoms with E-state index in [1.807, 2.05) is 0 Å². The lowest BCUT2D eigenvalue weighted by molar-refractivity contribution is 0.0697. The minimum absolute atomic E-state index is 0.174. The summed E-state index contributed by atoms with van der Waals surface area (Å²) in [6.07, 6.45) is 4.39. The van der Waals surface area contributed by atoms with Crippen LogP contribution >= 0.6 is 11.3 Å². The summed E-state index contributed by atoms with van der Waals surface area (Å²) in [4.78, 5) is 14.4. The molecule has 0 saturated heterocycles. The van der Waals surface area contributed by atoms with Crippen LogP contribution in [0.3, 0.4) is 0 Å². The molecule has 1 N–H and O–H groups in total. The van der Waals surface area contributed by atoms with Crippen LogP contribution in [0.4, 0.5) is 0 Å². The SMILES string of the molecule is O=C(O)c1cnn(-c2cncs2)c1. The number of aromatic carboxylic acids is 1. The first-order valence-electron chi connectivity index (χ1n) is 3.44. The average molecular weight is 195 g/mol. The molecule has 2 rings (SSSR count). The van der Waals surface area contributed by atoms with Crippen LogP contribution in [0.5, 0.6) is 0 Å². The summed E-state index contributed by atoms with van der Waals surface area (Å²) in [5.41, 5.74) is 1.84. The fourth-order valence-corrected chi connectivity index (χ4v) is 1.44. The van der Waals surface area contributed by atoms with Gasteiger partial charge in [-0.15, -0.1) is 11.3 Å². The third-order valence-electron chi connectivity index (χ3n) is 1.47. The number of rotatable bonds is 2. The van der Waals surface area contributed by atoms with E-state index in [9.17, 15) is 4.79 Å². The molecule has 66 valence electrons. The zero-order valence-corrected chi connectivity index (χ0v) is 7.23. The van der Waals surface area contributed by atoms with Crippen molar-refractivity contribution in [2.75, 3.05) is 0 Å². The minimum atomic E-state index is -0.976.